The summed E-state index contributed by atoms with van der Waals surface area (Å²) >= 11 is 0. The molecule has 2 unspecified atom stereocenters. The standard InChI is InChI=1S/C26H35N3O5/c1-6-29(24(32)21(17-30)28-25(33)34-26(3,4)5)22(20-14-12-18(2)13-15-20)23(31)27-16-19-10-8-7-9-11-19/h7-15,21-22,30H,6,16-17H2,1-5H3,(H,27,31)(H,28,33). The third-order valence-electron chi connectivity index (χ3n) is 5.06. The zero-order valence-electron chi connectivity index (χ0n) is 20.5. The summed E-state index contributed by atoms with van der Waals surface area (Å²) in [5, 5.41) is 15.2. The molecule has 3 N–H and O–H groups in total. The van der Waals surface area contributed by atoms with Crippen LogP contribution < -0.4 is 10.6 Å². The molecule has 0 bridgehead atoms. The van der Waals surface area contributed by atoms with Crippen molar-refractivity contribution in [1.29, 1.82) is 0 Å². The molecular weight excluding hydrogens is 434 g/mol. The number of nitrogens with zero attached hydrogens (tertiary/aromatic N) is 1. The van der Waals surface area contributed by atoms with Crippen LogP contribution in [-0.4, -0.2) is 52.7 Å². The summed E-state index contributed by atoms with van der Waals surface area (Å²) in [6.45, 7) is 8.62. The van der Waals surface area contributed by atoms with Crippen LogP contribution in [0.25, 0.3) is 0 Å². The SMILES string of the molecule is CCN(C(=O)C(CO)NC(=O)OC(C)(C)C)C(C(=O)NCc1ccccc1)c1ccc(C)cc1. The van der Waals surface area contributed by atoms with Crippen molar-refractivity contribution in [3.05, 3.63) is 71.3 Å². The van der Waals surface area contributed by atoms with Gasteiger partial charge in [0.2, 0.25) is 11.8 Å². The van der Waals surface area contributed by atoms with E-state index in [0.29, 0.717) is 12.1 Å². The highest BCUT2D eigenvalue weighted by Crippen LogP contribution is 2.23. The van der Waals surface area contributed by atoms with Gasteiger partial charge in [-0.2, -0.15) is 0 Å². The Balaban J connectivity index is 2.29. The lowest BCUT2D eigenvalue weighted by Gasteiger charge is -2.33. The van der Waals surface area contributed by atoms with E-state index in [2.05, 4.69) is 10.6 Å². The maximum absolute atomic E-state index is 13.4. The van der Waals surface area contributed by atoms with E-state index in [9.17, 15) is 19.5 Å². The first kappa shape index (κ1) is 26.9. The van der Waals surface area contributed by atoms with E-state index in [0.717, 1.165) is 11.1 Å². The largest absolute Gasteiger partial charge is 0.444 e. The first-order valence-corrected chi connectivity index (χ1v) is 11.3. The minimum absolute atomic E-state index is 0.183. The lowest BCUT2D eigenvalue weighted by molar-refractivity contribution is -0.143. The van der Waals surface area contributed by atoms with Crippen molar-refractivity contribution in [2.45, 2.75) is 58.8 Å². The minimum Gasteiger partial charge on any atom is -0.444 e. The number of hydrogen-bond acceptors (Lipinski definition) is 5. The van der Waals surface area contributed by atoms with Crippen LogP contribution in [-0.2, 0) is 20.9 Å². The average molecular weight is 470 g/mol. The van der Waals surface area contributed by atoms with Crippen molar-refractivity contribution in [3.63, 3.8) is 0 Å². The molecule has 3 amide bonds. The summed E-state index contributed by atoms with van der Waals surface area (Å²) < 4.78 is 5.22. The lowest BCUT2D eigenvalue weighted by atomic mass is 10.0. The van der Waals surface area contributed by atoms with Gasteiger partial charge in [0.15, 0.2) is 0 Å². The molecule has 0 fully saturated rings. The minimum atomic E-state index is -1.26. The van der Waals surface area contributed by atoms with Crippen LogP contribution in [0.5, 0.6) is 0 Å². The Bertz CT molecular complexity index is 955. The van der Waals surface area contributed by atoms with Gasteiger partial charge in [0, 0.05) is 13.1 Å². The molecule has 0 aliphatic rings. The molecule has 8 nitrogen and oxygen atoms in total. The van der Waals surface area contributed by atoms with Gasteiger partial charge in [-0.3, -0.25) is 9.59 Å². The molecule has 0 heterocycles. The van der Waals surface area contributed by atoms with Gasteiger partial charge < -0.3 is 25.4 Å². The Hall–Kier alpha value is -3.39. The summed E-state index contributed by atoms with van der Waals surface area (Å²) in [4.78, 5) is 40.3. The number of ether oxygens (including phenoxy) is 1. The molecule has 0 aromatic heterocycles. The topological polar surface area (TPSA) is 108 Å². The van der Waals surface area contributed by atoms with E-state index in [1.54, 1.807) is 39.8 Å². The number of alkyl carbamates (subject to hydrolysis) is 1. The van der Waals surface area contributed by atoms with E-state index < -0.39 is 36.3 Å². The molecule has 0 aliphatic heterocycles. The summed E-state index contributed by atoms with van der Waals surface area (Å²) in [6.07, 6.45) is -0.823. The molecule has 8 heteroatoms. The second-order valence-corrected chi connectivity index (χ2v) is 9.02. The zero-order chi connectivity index (χ0) is 25.3. The van der Waals surface area contributed by atoms with Crippen molar-refractivity contribution in [2.75, 3.05) is 13.2 Å². The predicted octanol–water partition coefficient (Wildman–Crippen LogP) is 3.09. The molecule has 0 radical (unpaired) electrons. The summed E-state index contributed by atoms with van der Waals surface area (Å²) in [6, 6.07) is 14.6. The van der Waals surface area contributed by atoms with E-state index in [1.807, 2.05) is 49.4 Å². The number of aryl methyl sites for hydroxylation is 1. The van der Waals surface area contributed by atoms with Crippen molar-refractivity contribution in [1.82, 2.24) is 15.5 Å². The summed E-state index contributed by atoms with van der Waals surface area (Å²) in [5.74, 6) is -0.951. The zero-order valence-corrected chi connectivity index (χ0v) is 20.5. The molecule has 34 heavy (non-hydrogen) atoms. The normalized spacial score (nSPS) is 12.9. The van der Waals surface area contributed by atoms with Gasteiger partial charge in [-0.15, -0.1) is 0 Å². The number of aliphatic hydroxyl groups excluding tert-OH is 1. The fraction of sp³-hybridized carbons (Fsp3) is 0.423. The second-order valence-electron chi connectivity index (χ2n) is 9.02. The molecule has 0 saturated heterocycles. The third-order valence-corrected chi connectivity index (χ3v) is 5.06. The highest BCUT2D eigenvalue weighted by Gasteiger charge is 2.35. The van der Waals surface area contributed by atoms with E-state index in [1.165, 1.54) is 4.90 Å². The van der Waals surface area contributed by atoms with Crippen molar-refractivity contribution < 1.29 is 24.2 Å². The summed E-state index contributed by atoms with van der Waals surface area (Å²) in [7, 11) is 0. The van der Waals surface area contributed by atoms with Crippen LogP contribution in [0.2, 0.25) is 0 Å². The molecule has 0 saturated carbocycles. The smallest absolute Gasteiger partial charge is 0.408 e. The van der Waals surface area contributed by atoms with Crippen molar-refractivity contribution in [2.24, 2.45) is 0 Å². The molecule has 2 atom stereocenters. The molecule has 184 valence electrons. The van der Waals surface area contributed by atoms with Crippen LogP contribution in [0.15, 0.2) is 54.6 Å². The third kappa shape index (κ3) is 7.88. The molecule has 2 rings (SSSR count). The van der Waals surface area contributed by atoms with Gasteiger partial charge in [-0.1, -0.05) is 60.2 Å². The van der Waals surface area contributed by atoms with Crippen LogP contribution in [0.3, 0.4) is 0 Å². The highest BCUT2D eigenvalue weighted by atomic mass is 16.6. The molecular formula is C26H35N3O5. The molecule has 2 aromatic carbocycles. The molecule has 2 aromatic rings. The molecule has 0 aliphatic carbocycles. The number of hydrogen-bond donors (Lipinski definition) is 3. The van der Waals surface area contributed by atoms with E-state index in [-0.39, 0.29) is 12.5 Å². The number of amides is 3. The van der Waals surface area contributed by atoms with Gasteiger partial charge in [0.05, 0.1) is 6.61 Å². The van der Waals surface area contributed by atoms with Crippen molar-refractivity contribution >= 4 is 17.9 Å². The number of carbonyl (C=O) groups excluding carboxylic acids is 3. The molecule has 0 spiro atoms. The quantitative estimate of drug-likeness (QED) is 0.523. The Morgan fingerprint density at radius 1 is 1.03 bits per heavy atom. The van der Waals surface area contributed by atoms with Gasteiger partial charge >= 0.3 is 6.09 Å². The number of aliphatic hydroxyl groups is 1. The van der Waals surface area contributed by atoms with Gasteiger partial charge in [0.1, 0.15) is 17.7 Å². The number of likely N-dealkylation sites (N-methyl/N-ethyl adjacent to an activating group) is 1. The monoisotopic (exact) mass is 469 g/mol. The fourth-order valence-corrected chi connectivity index (χ4v) is 3.40. The Morgan fingerprint density at radius 3 is 2.18 bits per heavy atom. The lowest BCUT2D eigenvalue weighted by Crippen LogP contribution is -2.54. The van der Waals surface area contributed by atoms with Crippen LogP contribution in [0.4, 0.5) is 4.79 Å². The van der Waals surface area contributed by atoms with Crippen LogP contribution in [0, 0.1) is 6.92 Å². The predicted molar refractivity (Wildman–Crippen MR) is 130 cm³/mol. The van der Waals surface area contributed by atoms with Gasteiger partial charge in [0.25, 0.3) is 0 Å². The Morgan fingerprint density at radius 2 is 1.65 bits per heavy atom. The number of rotatable bonds is 9. The summed E-state index contributed by atoms with van der Waals surface area (Å²) in [5.41, 5.74) is 1.80. The average Bonchev–Trinajstić information content (AvgIpc) is 2.79. The number of nitrogens with one attached hydrogen (secondary N) is 2. The number of benzene rings is 2. The van der Waals surface area contributed by atoms with Crippen LogP contribution in [0.1, 0.15) is 50.4 Å². The Labute approximate surface area is 201 Å². The van der Waals surface area contributed by atoms with E-state index in [4.69, 9.17) is 4.74 Å². The second kappa shape index (κ2) is 12.2. The Kier molecular flexibility index (Phi) is 9.62. The van der Waals surface area contributed by atoms with Crippen molar-refractivity contribution in [3.8, 4) is 0 Å². The van der Waals surface area contributed by atoms with Gasteiger partial charge in [-0.25, -0.2) is 4.79 Å². The fourth-order valence-electron chi connectivity index (χ4n) is 3.40. The highest BCUT2D eigenvalue weighted by molar-refractivity contribution is 5.92. The number of carbonyl (C=O) groups is 3. The van der Waals surface area contributed by atoms with Gasteiger partial charge in [-0.05, 0) is 45.7 Å². The first-order valence-electron chi connectivity index (χ1n) is 11.3. The van der Waals surface area contributed by atoms with Crippen LogP contribution >= 0.6 is 0 Å². The van der Waals surface area contributed by atoms with E-state index >= 15 is 0 Å². The first-order chi connectivity index (χ1) is 16.1. The maximum atomic E-state index is 13.4. The maximum Gasteiger partial charge on any atom is 0.408 e.